The van der Waals surface area contributed by atoms with Gasteiger partial charge in [0.05, 0.1) is 0 Å². The molecule has 1 aliphatic heterocycles. The van der Waals surface area contributed by atoms with Crippen molar-refractivity contribution in [3.05, 3.63) is 17.1 Å². The normalized spacial score (nSPS) is 27.4. The number of hydrogen-bond acceptors (Lipinski definition) is 3. The van der Waals surface area contributed by atoms with Gasteiger partial charge < -0.3 is 4.90 Å². The molecule has 1 saturated heterocycles. The van der Waals surface area contributed by atoms with Gasteiger partial charge in [-0.1, -0.05) is 6.42 Å². The Bertz CT molecular complexity index is 443. The van der Waals surface area contributed by atoms with Crippen LogP contribution in [0.2, 0.25) is 0 Å². The Kier molecular flexibility index (Phi) is 3.00. The van der Waals surface area contributed by atoms with E-state index in [0.717, 1.165) is 23.4 Å². The summed E-state index contributed by atoms with van der Waals surface area (Å²) in [6, 6.07) is 0. The molecule has 1 aromatic rings. The molecule has 0 amide bonds. The first-order chi connectivity index (χ1) is 8.63. The molecule has 1 aliphatic carbocycles. The molecular weight excluding hydrogens is 222 g/mol. The van der Waals surface area contributed by atoms with Gasteiger partial charge in [-0.25, -0.2) is 9.97 Å². The molecule has 98 valence electrons. The summed E-state index contributed by atoms with van der Waals surface area (Å²) in [6.07, 6.45) is 5.70. The van der Waals surface area contributed by atoms with E-state index < -0.39 is 0 Å². The van der Waals surface area contributed by atoms with Crippen molar-refractivity contribution in [2.45, 2.75) is 46.5 Å². The number of rotatable bonds is 1. The van der Waals surface area contributed by atoms with Gasteiger partial charge in [0.15, 0.2) is 0 Å². The van der Waals surface area contributed by atoms with Crippen molar-refractivity contribution in [2.24, 2.45) is 11.8 Å². The molecule has 0 unspecified atom stereocenters. The quantitative estimate of drug-likeness (QED) is 0.761. The number of piperidine rings is 1. The number of aromatic nitrogens is 2. The van der Waals surface area contributed by atoms with Crippen LogP contribution in [0.4, 0.5) is 5.82 Å². The van der Waals surface area contributed by atoms with E-state index in [1.54, 1.807) is 0 Å². The fraction of sp³-hybridized carbons (Fsp3) is 0.733. The molecule has 3 rings (SSSR count). The smallest absolute Gasteiger partial charge is 0.135 e. The molecule has 2 fully saturated rings. The predicted octanol–water partition coefficient (Wildman–Crippen LogP) is 3.03. The van der Waals surface area contributed by atoms with Gasteiger partial charge >= 0.3 is 0 Å². The van der Waals surface area contributed by atoms with E-state index in [1.807, 2.05) is 6.92 Å². The van der Waals surface area contributed by atoms with Crippen molar-refractivity contribution < 1.29 is 0 Å². The fourth-order valence-electron chi connectivity index (χ4n) is 3.66. The second-order valence-corrected chi connectivity index (χ2v) is 6.11. The van der Waals surface area contributed by atoms with Crippen molar-refractivity contribution in [1.82, 2.24) is 9.97 Å². The Balaban J connectivity index is 1.90. The Hall–Kier alpha value is -1.12. The SMILES string of the molecule is Cc1nc(C)c(C)c(N2C[C@H]3CCC[C@@H](C3)C2)n1. The topological polar surface area (TPSA) is 29.0 Å². The average molecular weight is 245 g/mol. The molecule has 2 atom stereocenters. The highest BCUT2D eigenvalue weighted by Crippen LogP contribution is 2.36. The van der Waals surface area contributed by atoms with E-state index in [2.05, 4.69) is 23.7 Å². The standard InChI is InChI=1S/C15H23N3/c1-10-11(2)16-12(3)17-15(10)18-8-13-5-4-6-14(7-13)9-18/h13-14H,4-9H2,1-3H3/t13-,14-/m0/s1. The van der Waals surface area contributed by atoms with Crippen molar-refractivity contribution >= 4 is 5.82 Å². The zero-order valence-electron chi connectivity index (χ0n) is 11.7. The van der Waals surface area contributed by atoms with Gasteiger partial charge in [-0.15, -0.1) is 0 Å². The van der Waals surface area contributed by atoms with Crippen molar-refractivity contribution in [1.29, 1.82) is 0 Å². The van der Waals surface area contributed by atoms with Crippen LogP contribution < -0.4 is 4.90 Å². The number of hydrogen-bond donors (Lipinski definition) is 0. The molecule has 0 aromatic carbocycles. The highest BCUT2D eigenvalue weighted by molar-refractivity contribution is 5.48. The summed E-state index contributed by atoms with van der Waals surface area (Å²) in [7, 11) is 0. The number of aryl methyl sites for hydroxylation is 2. The van der Waals surface area contributed by atoms with Gasteiger partial charge in [0.2, 0.25) is 0 Å². The highest BCUT2D eigenvalue weighted by atomic mass is 15.2. The lowest BCUT2D eigenvalue weighted by molar-refractivity contribution is 0.230. The molecule has 1 aromatic heterocycles. The first kappa shape index (κ1) is 11.9. The monoisotopic (exact) mass is 245 g/mol. The van der Waals surface area contributed by atoms with Crippen molar-refractivity contribution in [3.8, 4) is 0 Å². The zero-order valence-corrected chi connectivity index (χ0v) is 11.7. The number of fused-ring (bicyclic) bond motifs is 2. The van der Waals surface area contributed by atoms with Crippen LogP contribution in [0.25, 0.3) is 0 Å². The first-order valence-corrected chi connectivity index (χ1v) is 7.20. The maximum atomic E-state index is 4.70. The Labute approximate surface area is 110 Å². The van der Waals surface area contributed by atoms with E-state index in [4.69, 9.17) is 4.98 Å². The lowest BCUT2D eigenvalue weighted by Crippen LogP contribution is -2.43. The highest BCUT2D eigenvalue weighted by Gasteiger charge is 2.31. The summed E-state index contributed by atoms with van der Waals surface area (Å²) < 4.78 is 0. The summed E-state index contributed by atoms with van der Waals surface area (Å²) in [5.74, 6) is 3.89. The summed E-state index contributed by atoms with van der Waals surface area (Å²) >= 11 is 0. The van der Waals surface area contributed by atoms with Crippen LogP contribution in [0, 0.1) is 32.6 Å². The minimum Gasteiger partial charge on any atom is -0.356 e. The maximum Gasteiger partial charge on any atom is 0.135 e. The molecule has 2 aliphatic rings. The van der Waals surface area contributed by atoms with Gasteiger partial charge in [0.25, 0.3) is 0 Å². The van der Waals surface area contributed by atoms with Crippen LogP contribution in [0.5, 0.6) is 0 Å². The molecular formula is C15H23N3. The molecule has 3 heteroatoms. The predicted molar refractivity (Wildman–Crippen MR) is 73.9 cm³/mol. The molecule has 1 saturated carbocycles. The third kappa shape index (κ3) is 2.11. The minimum atomic E-state index is 0.896. The van der Waals surface area contributed by atoms with Gasteiger partial charge in [-0.05, 0) is 51.9 Å². The lowest BCUT2D eigenvalue weighted by Gasteiger charge is -2.42. The number of anilines is 1. The van der Waals surface area contributed by atoms with Crippen LogP contribution >= 0.6 is 0 Å². The molecule has 18 heavy (non-hydrogen) atoms. The molecule has 2 bridgehead atoms. The number of nitrogens with zero attached hydrogens (tertiary/aromatic N) is 3. The lowest BCUT2D eigenvalue weighted by atomic mass is 9.78. The summed E-state index contributed by atoms with van der Waals surface area (Å²) in [5.41, 5.74) is 2.40. The van der Waals surface area contributed by atoms with E-state index in [9.17, 15) is 0 Å². The van der Waals surface area contributed by atoms with Crippen LogP contribution in [-0.2, 0) is 0 Å². The van der Waals surface area contributed by atoms with E-state index >= 15 is 0 Å². The van der Waals surface area contributed by atoms with Gasteiger partial charge in [0, 0.05) is 24.3 Å². The molecule has 0 N–H and O–H groups in total. The Morgan fingerprint density at radius 3 is 2.33 bits per heavy atom. The second kappa shape index (κ2) is 4.52. The van der Waals surface area contributed by atoms with Crippen molar-refractivity contribution in [3.63, 3.8) is 0 Å². The molecule has 0 radical (unpaired) electrons. The van der Waals surface area contributed by atoms with E-state index in [1.165, 1.54) is 50.2 Å². The first-order valence-electron chi connectivity index (χ1n) is 7.20. The Morgan fingerprint density at radius 2 is 1.67 bits per heavy atom. The van der Waals surface area contributed by atoms with Crippen LogP contribution in [0.15, 0.2) is 0 Å². The van der Waals surface area contributed by atoms with E-state index in [0.29, 0.717) is 0 Å². The molecule has 3 nitrogen and oxygen atoms in total. The van der Waals surface area contributed by atoms with Crippen LogP contribution in [0.1, 0.15) is 42.8 Å². The summed E-state index contributed by atoms with van der Waals surface area (Å²) in [4.78, 5) is 11.7. The largest absolute Gasteiger partial charge is 0.356 e. The van der Waals surface area contributed by atoms with Crippen molar-refractivity contribution in [2.75, 3.05) is 18.0 Å². The molecule has 2 heterocycles. The minimum absolute atomic E-state index is 0.896. The second-order valence-electron chi connectivity index (χ2n) is 6.11. The third-order valence-electron chi connectivity index (χ3n) is 4.62. The summed E-state index contributed by atoms with van der Waals surface area (Å²) in [6.45, 7) is 8.66. The van der Waals surface area contributed by atoms with Crippen LogP contribution in [-0.4, -0.2) is 23.1 Å². The third-order valence-corrected chi connectivity index (χ3v) is 4.62. The maximum absolute atomic E-state index is 4.70. The molecule has 0 spiro atoms. The average Bonchev–Trinajstić information content (AvgIpc) is 2.33. The Morgan fingerprint density at radius 1 is 1.00 bits per heavy atom. The summed E-state index contributed by atoms with van der Waals surface area (Å²) in [5, 5.41) is 0. The zero-order chi connectivity index (χ0) is 12.7. The fourth-order valence-corrected chi connectivity index (χ4v) is 3.66. The van der Waals surface area contributed by atoms with E-state index in [-0.39, 0.29) is 0 Å². The van der Waals surface area contributed by atoms with Gasteiger partial charge in [-0.3, -0.25) is 0 Å². The van der Waals surface area contributed by atoms with Gasteiger partial charge in [-0.2, -0.15) is 0 Å². The van der Waals surface area contributed by atoms with Crippen LogP contribution in [0.3, 0.4) is 0 Å². The van der Waals surface area contributed by atoms with Gasteiger partial charge in [0.1, 0.15) is 11.6 Å².